The number of amides is 1. The van der Waals surface area contributed by atoms with Crippen LogP contribution in [-0.2, 0) is 19.6 Å². The highest BCUT2D eigenvalue weighted by atomic mass is 32.2. The number of ether oxygens (including phenoxy) is 1. The predicted octanol–water partition coefficient (Wildman–Crippen LogP) is 2.17. The van der Waals surface area contributed by atoms with Crippen LogP contribution in [0.5, 0.6) is 0 Å². The van der Waals surface area contributed by atoms with Gasteiger partial charge in [-0.2, -0.15) is 0 Å². The summed E-state index contributed by atoms with van der Waals surface area (Å²) in [5, 5.41) is 2.83. The average Bonchev–Trinajstić information content (AvgIpc) is 3.38. The number of sulfonamides is 1. The molecule has 0 atom stereocenters. The van der Waals surface area contributed by atoms with Crippen LogP contribution in [0.15, 0.2) is 30.3 Å². The van der Waals surface area contributed by atoms with Crippen molar-refractivity contribution in [2.45, 2.75) is 25.7 Å². The Labute approximate surface area is 155 Å². The van der Waals surface area contributed by atoms with Crippen molar-refractivity contribution in [1.82, 2.24) is 5.32 Å². The van der Waals surface area contributed by atoms with Crippen LogP contribution in [0, 0.1) is 5.92 Å². The van der Waals surface area contributed by atoms with E-state index in [1.54, 1.807) is 18.2 Å². The van der Waals surface area contributed by atoms with Gasteiger partial charge in [0.1, 0.15) is 0 Å². The highest BCUT2D eigenvalue weighted by molar-refractivity contribution is 7.93. The Hall–Kier alpha value is -1.86. The second kappa shape index (κ2) is 8.68. The fourth-order valence-electron chi connectivity index (χ4n) is 2.83. The number of hydrogen-bond acceptors (Lipinski definition) is 4. The van der Waals surface area contributed by atoms with E-state index in [1.165, 1.54) is 23.2 Å². The molecule has 1 N–H and O–H groups in total. The minimum Gasteiger partial charge on any atom is -0.381 e. The number of benzene rings is 1. The molecular weight excluding hydrogens is 352 g/mol. The Balaban J connectivity index is 1.39. The lowest BCUT2D eigenvalue weighted by Crippen LogP contribution is -2.24. The van der Waals surface area contributed by atoms with Crippen LogP contribution in [0.25, 0.3) is 6.08 Å². The van der Waals surface area contributed by atoms with Crippen molar-refractivity contribution in [2.24, 2.45) is 5.92 Å². The third-order valence-corrected chi connectivity index (χ3v) is 6.39. The minimum absolute atomic E-state index is 0.140. The maximum Gasteiger partial charge on any atom is 0.244 e. The maximum atomic E-state index is 11.9. The third kappa shape index (κ3) is 5.57. The topological polar surface area (TPSA) is 75.7 Å². The molecule has 0 spiro atoms. The van der Waals surface area contributed by atoms with Gasteiger partial charge in [-0.25, -0.2) is 8.42 Å². The number of rotatable bonds is 9. The predicted molar refractivity (Wildman–Crippen MR) is 102 cm³/mol. The van der Waals surface area contributed by atoms with E-state index in [9.17, 15) is 13.2 Å². The van der Waals surface area contributed by atoms with Crippen LogP contribution in [0.3, 0.4) is 0 Å². The fraction of sp³-hybridized carbons (Fsp3) is 0.526. The Kier molecular flexibility index (Phi) is 6.32. The normalized spacial score (nSPS) is 19.2. The Morgan fingerprint density at radius 1 is 1.27 bits per heavy atom. The largest absolute Gasteiger partial charge is 0.381 e. The molecule has 3 rings (SSSR count). The SMILES string of the molecule is O=C(/C=C/c1ccc(N2CCCS2(=O)=O)cc1)NCCCOCC1CC1. The van der Waals surface area contributed by atoms with Gasteiger partial charge in [-0.1, -0.05) is 12.1 Å². The first-order valence-electron chi connectivity index (χ1n) is 9.19. The molecule has 2 fully saturated rings. The molecule has 142 valence electrons. The maximum absolute atomic E-state index is 11.9. The van der Waals surface area contributed by atoms with Crippen molar-refractivity contribution < 1.29 is 17.9 Å². The van der Waals surface area contributed by atoms with E-state index in [1.807, 2.05) is 12.1 Å². The zero-order valence-electron chi connectivity index (χ0n) is 14.9. The van der Waals surface area contributed by atoms with Gasteiger partial charge < -0.3 is 10.1 Å². The second-order valence-corrected chi connectivity index (χ2v) is 8.84. The van der Waals surface area contributed by atoms with Crippen molar-refractivity contribution >= 4 is 27.7 Å². The summed E-state index contributed by atoms with van der Waals surface area (Å²) in [6, 6.07) is 7.19. The molecule has 1 saturated heterocycles. The van der Waals surface area contributed by atoms with Gasteiger partial charge in [-0.3, -0.25) is 9.10 Å². The summed E-state index contributed by atoms with van der Waals surface area (Å²) in [6.07, 6.45) is 7.27. The van der Waals surface area contributed by atoms with Gasteiger partial charge in [0, 0.05) is 32.4 Å². The summed E-state index contributed by atoms with van der Waals surface area (Å²) in [5.41, 5.74) is 1.53. The summed E-state index contributed by atoms with van der Waals surface area (Å²) in [5.74, 6) is 0.836. The molecule has 26 heavy (non-hydrogen) atoms. The van der Waals surface area contributed by atoms with Crippen molar-refractivity contribution in [1.29, 1.82) is 0 Å². The third-order valence-electron chi connectivity index (χ3n) is 4.52. The van der Waals surface area contributed by atoms with Crippen molar-refractivity contribution in [2.75, 3.05) is 36.4 Å². The standard InChI is InChI=1S/C19H26N2O4S/c22-19(20-11-1-13-25-15-17-3-4-17)10-7-16-5-8-18(9-6-16)21-12-2-14-26(21,23)24/h5-10,17H,1-4,11-15H2,(H,20,22)/b10-7+. The van der Waals surface area contributed by atoms with Crippen molar-refractivity contribution in [3.05, 3.63) is 35.9 Å². The minimum atomic E-state index is -3.16. The molecule has 1 heterocycles. The molecule has 0 radical (unpaired) electrons. The van der Waals surface area contributed by atoms with Crippen molar-refractivity contribution in [3.63, 3.8) is 0 Å². The van der Waals surface area contributed by atoms with E-state index in [0.717, 1.165) is 24.5 Å². The lowest BCUT2D eigenvalue weighted by molar-refractivity contribution is -0.116. The summed E-state index contributed by atoms with van der Waals surface area (Å²) in [7, 11) is -3.16. The number of nitrogens with one attached hydrogen (secondary N) is 1. The second-order valence-electron chi connectivity index (χ2n) is 6.83. The van der Waals surface area contributed by atoms with Crippen molar-refractivity contribution in [3.8, 4) is 0 Å². The molecule has 1 aromatic rings. The molecule has 1 aliphatic carbocycles. The summed E-state index contributed by atoms with van der Waals surface area (Å²) < 4.78 is 30.8. The number of carbonyl (C=O) groups is 1. The smallest absolute Gasteiger partial charge is 0.244 e. The van der Waals surface area contributed by atoms with Gasteiger partial charge in [-0.05, 0) is 55.4 Å². The van der Waals surface area contributed by atoms with Gasteiger partial charge in [0.2, 0.25) is 15.9 Å². The Morgan fingerprint density at radius 2 is 2.04 bits per heavy atom. The molecule has 2 aliphatic rings. The van der Waals surface area contributed by atoms with E-state index in [2.05, 4.69) is 5.32 Å². The van der Waals surface area contributed by atoms with E-state index in [4.69, 9.17) is 4.74 Å². The van der Waals surface area contributed by atoms with Crippen LogP contribution in [-0.4, -0.2) is 46.4 Å². The van der Waals surface area contributed by atoms with Gasteiger partial charge in [0.05, 0.1) is 11.4 Å². The Bertz CT molecular complexity index is 739. The van der Waals surface area contributed by atoms with Gasteiger partial charge in [0.15, 0.2) is 0 Å². The lowest BCUT2D eigenvalue weighted by Gasteiger charge is -2.16. The highest BCUT2D eigenvalue weighted by Crippen LogP contribution is 2.28. The molecule has 6 nitrogen and oxygen atoms in total. The number of anilines is 1. The van der Waals surface area contributed by atoms with Gasteiger partial charge in [0.25, 0.3) is 0 Å². The van der Waals surface area contributed by atoms with E-state index >= 15 is 0 Å². The molecule has 1 aliphatic heterocycles. The molecule has 7 heteroatoms. The van der Waals surface area contributed by atoms with E-state index < -0.39 is 10.0 Å². The van der Waals surface area contributed by atoms with Gasteiger partial charge in [-0.15, -0.1) is 0 Å². The fourth-order valence-corrected chi connectivity index (χ4v) is 4.40. The first-order valence-corrected chi connectivity index (χ1v) is 10.8. The first-order chi connectivity index (χ1) is 12.5. The highest BCUT2D eigenvalue weighted by Gasteiger charge is 2.28. The number of carbonyl (C=O) groups excluding carboxylic acids is 1. The zero-order valence-corrected chi connectivity index (χ0v) is 15.7. The zero-order chi connectivity index (χ0) is 18.4. The molecule has 1 aromatic carbocycles. The number of hydrogen-bond donors (Lipinski definition) is 1. The van der Waals surface area contributed by atoms with Crippen LogP contribution < -0.4 is 9.62 Å². The summed E-state index contributed by atoms with van der Waals surface area (Å²) in [4.78, 5) is 11.8. The lowest BCUT2D eigenvalue weighted by atomic mass is 10.2. The molecule has 1 saturated carbocycles. The quantitative estimate of drug-likeness (QED) is 0.528. The molecule has 1 amide bonds. The first kappa shape index (κ1) is 18.9. The Morgan fingerprint density at radius 3 is 2.69 bits per heavy atom. The monoisotopic (exact) mass is 378 g/mol. The van der Waals surface area contributed by atoms with Gasteiger partial charge >= 0.3 is 0 Å². The molecule has 0 unspecified atom stereocenters. The molecule has 0 aromatic heterocycles. The molecular formula is C19H26N2O4S. The van der Waals surface area contributed by atoms with Crippen LogP contribution in [0.1, 0.15) is 31.2 Å². The average molecular weight is 378 g/mol. The van der Waals surface area contributed by atoms with E-state index in [-0.39, 0.29) is 11.7 Å². The molecule has 0 bridgehead atoms. The summed E-state index contributed by atoms with van der Waals surface area (Å²) in [6.45, 7) is 2.66. The summed E-state index contributed by atoms with van der Waals surface area (Å²) >= 11 is 0. The van der Waals surface area contributed by atoms with E-state index in [0.29, 0.717) is 31.8 Å². The number of nitrogens with zero attached hydrogens (tertiary/aromatic N) is 1. The van der Waals surface area contributed by atoms with Crippen LogP contribution in [0.2, 0.25) is 0 Å². The van der Waals surface area contributed by atoms with Crippen LogP contribution in [0.4, 0.5) is 5.69 Å². The van der Waals surface area contributed by atoms with Crippen LogP contribution >= 0.6 is 0 Å².